The second kappa shape index (κ2) is 7.65. The van der Waals surface area contributed by atoms with Gasteiger partial charge >= 0.3 is 5.97 Å². The molecule has 1 aliphatic carbocycles. The number of hydrogen-bond donors (Lipinski definition) is 2. The van der Waals surface area contributed by atoms with Crippen LogP contribution in [0.25, 0.3) is 5.69 Å². The van der Waals surface area contributed by atoms with Crippen LogP contribution in [0.1, 0.15) is 35.8 Å². The summed E-state index contributed by atoms with van der Waals surface area (Å²) in [5, 5.41) is 19.8. The number of aryl methyl sites for hydroxylation is 1. The van der Waals surface area contributed by atoms with E-state index in [0.717, 1.165) is 24.1 Å². The number of nitrogens with one attached hydrogen (secondary N) is 1. The van der Waals surface area contributed by atoms with Crippen LogP contribution in [0, 0.1) is 6.92 Å². The molecule has 1 aromatic carbocycles. The van der Waals surface area contributed by atoms with Crippen molar-refractivity contribution in [1.82, 2.24) is 25.2 Å². The van der Waals surface area contributed by atoms with Crippen LogP contribution < -0.4 is 5.32 Å². The molecule has 2 N–H and O–H groups in total. The molecule has 0 unspecified atom stereocenters. The smallest absolute Gasteiger partial charge is 0.317 e. The van der Waals surface area contributed by atoms with Gasteiger partial charge in [-0.3, -0.25) is 14.5 Å². The first-order valence-electron chi connectivity index (χ1n) is 8.72. The van der Waals surface area contributed by atoms with Gasteiger partial charge in [-0.2, -0.15) is 0 Å². The maximum Gasteiger partial charge on any atom is 0.317 e. The summed E-state index contributed by atoms with van der Waals surface area (Å²) in [6.45, 7) is 4.67. The lowest BCUT2D eigenvalue weighted by molar-refractivity contribution is -0.139. The van der Waals surface area contributed by atoms with Crippen LogP contribution in [0.5, 0.6) is 0 Å². The van der Waals surface area contributed by atoms with Crippen molar-refractivity contribution in [3.8, 4) is 5.69 Å². The molecule has 0 atom stereocenters. The van der Waals surface area contributed by atoms with Crippen LogP contribution in [0.2, 0.25) is 0 Å². The van der Waals surface area contributed by atoms with E-state index in [4.69, 9.17) is 5.11 Å². The highest BCUT2D eigenvalue weighted by Gasteiger charge is 2.35. The molecular formula is C18H23N5O3. The summed E-state index contributed by atoms with van der Waals surface area (Å²) in [5.74, 6) is -1.08. The minimum Gasteiger partial charge on any atom is -0.480 e. The predicted molar refractivity (Wildman–Crippen MR) is 95.3 cm³/mol. The number of carboxylic acid groups (broad SMARTS) is 1. The molecule has 2 aromatic rings. The first-order chi connectivity index (χ1) is 12.5. The number of benzene rings is 1. The molecule has 1 saturated carbocycles. The number of aromatic nitrogens is 3. The van der Waals surface area contributed by atoms with E-state index >= 15 is 0 Å². The third-order valence-corrected chi connectivity index (χ3v) is 4.73. The van der Waals surface area contributed by atoms with Gasteiger partial charge in [0.05, 0.1) is 18.4 Å². The zero-order valence-corrected chi connectivity index (χ0v) is 14.9. The molecule has 8 nitrogen and oxygen atoms in total. The van der Waals surface area contributed by atoms with Gasteiger partial charge in [0.1, 0.15) is 0 Å². The number of hydrogen-bond acceptors (Lipinski definition) is 5. The second-order valence-electron chi connectivity index (χ2n) is 6.64. The van der Waals surface area contributed by atoms with Gasteiger partial charge in [-0.1, -0.05) is 29.8 Å². The van der Waals surface area contributed by atoms with Crippen molar-refractivity contribution in [1.29, 1.82) is 0 Å². The van der Waals surface area contributed by atoms with Gasteiger partial charge in [-0.15, -0.1) is 5.10 Å². The van der Waals surface area contributed by atoms with Gasteiger partial charge in [0.2, 0.25) is 0 Å². The van der Waals surface area contributed by atoms with E-state index in [-0.39, 0.29) is 30.2 Å². The molecule has 1 aliphatic rings. The van der Waals surface area contributed by atoms with Gasteiger partial charge in [0.15, 0.2) is 5.69 Å². The van der Waals surface area contributed by atoms with E-state index in [1.54, 1.807) is 10.9 Å². The second-order valence-corrected chi connectivity index (χ2v) is 6.64. The molecule has 3 rings (SSSR count). The van der Waals surface area contributed by atoms with Gasteiger partial charge in [-0.05, 0) is 38.4 Å². The lowest BCUT2D eigenvalue weighted by Gasteiger charge is -2.42. The van der Waals surface area contributed by atoms with Crippen LogP contribution in [0.4, 0.5) is 0 Å². The van der Waals surface area contributed by atoms with Gasteiger partial charge in [0.25, 0.3) is 5.91 Å². The van der Waals surface area contributed by atoms with E-state index in [2.05, 4.69) is 15.6 Å². The Labute approximate surface area is 151 Å². The maximum atomic E-state index is 12.3. The minimum absolute atomic E-state index is 0.0344. The number of amides is 1. The van der Waals surface area contributed by atoms with Crippen LogP contribution in [0.15, 0.2) is 30.5 Å². The zero-order valence-electron chi connectivity index (χ0n) is 14.9. The van der Waals surface area contributed by atoms with E-state index in [1.807, 2.05) is 43.0 Å². The Bertz CT molecular complexity index is 780. The molecule has 1 fully saturated rings. The zero-order chi connectivity index (χ0) is 18.7. The lowest BCUT2D eigenvalue weighted by Crippen LogP contribution is -2.54. The van der Waals surface area contributed by atoms with E-state index in [9.17, 15) is 9.59 Å². The van der Waals surface area contributed by atoms with Crippen LogP contribution >= 0.6 is 0 Å². The van der Waals surface area contributed by atoms with E-state index < -0.39 is 5.97 Å². The van der Waals surface area contributed by atoms with Crippen LogP contribution in [-0.4, -0.2) is 62.0 Å². The standard InChI is InChI=1S/C18H23N5O3/c1-3-22(11-17(24)25)15-8-13(9-15)19-18(26)16-10-23(21-20-16)14-6-4-12(2)5-7-14/h4-7,10,13,15H,3,8-9,11H2,1-2H3,(H,19,26)(H,24,25). The number of carboxylic acids is 1. The fourth-order valence-corrected chi connectivity index (χ4v) is 3.13. The molecule has 138 valence electrons. The van der Waals surface area contributed by atoms with Crippen molar-refractivity contribution in [2.45, 2.75) is 38.8 Å². The highest BCUT2D eigenvalue weighted by atomic mass is 16.4. The summed E-state index contributed by atoms with van der Waals surface area (Å²) in [7, 11) is 0. The average Bonchev–Trinajstić information content (AvgIpc) is 3.06. The molecule has 1 aromatic heterocycles. The Morgan fingerprint density at radius 1 is 1.31 bits per heavy atom. The molecule has 0 spiro atoms. The summed E-state index contributed by atoms with van der Waals surface area (Å²) in [4.78, 5) is 25.1. The number of carbonyl (C=O) groups excluding carboxylic acids is 1. The molecule has 8 heteroatoms. The summed E-state index contributed by atoms with van der Waals surface area (Å²) in [5.41, 5.74) is 2.26. The third kappa shape index (κ3) is 4.08. The molecule has 0 radical (unpaired) electrons. The van der Waals surface area contributed by atoms with Crippen molar-refractivity contribution in [3.05, 3.63) is 41.7 Å². The average molecular weight is 357 g/mol. The number of carbonyl (C=O) groups is 2. The van der Waals surface area contributed by atoms with Crippen molar-refractivity contribution in [2.24, 2.45) is 0 Å². The number of aliphatic carboxylic acids is 1. The lowest BCUT2D eigenvalue weighted by atomic mass is 9.85. The summed E-state index contributed by atoms with van der Waals surface area (Å²) in [6, 6.07) is 8.03. The monoisotopic (exact) mass is 357 g/mol. The molecule has 0 bridgehead atoms. The minimum atomic E-state index is -0.827. The first kappa shape index (κ1) is 18.1. The Morgan fingerprint density at radius 3 is 2.62 bits per heavy atom. The third-order valence-electron chi connectivity index (χ3n) is 4.73. The molecular weight excluding hydrogens is 334 g/mol. The topological polar surface area (TPSA) is 100 Å². The molecule has 0 aliphatic heterocycles. The predicted octanol–water partition coefficient (Wildman–Crippen LogP) is 1.24. The highest BCUT2D eigenvalue weighted by Crippen LogP contribution is 2.25. The van der Waals surface area contributed by atoms with Gasteiger partial charge < -0.3 is 10.4 Å². The Morgan fingerprint density at radius 2 is 2.00 bits per heavy atom. The van der Waals surface area contributed by atoms with Crippen molar-refractivity contribution < 1.29 is 14.7 Å². The normalized spacial score (nSPS) is 19.2. The van der Waals surface area contributed by atoms with Crippen LogP contribution in [0.3, 0.4) is 0 Å². The number of likely N-dealkylation sites (N-methyl/N-ethyl adjacent to an activating group) is 1. The van der Waals surface area contributed by atoms with Crippen molar-refractivity contribution in [3.63, 3.8) is 0 Å². The molecule has 1 heterocycles. The quantitative estimate of drug-likeness (QED) is 0.773. The highest BCUT2D eigenvalue weighted by molar-refractivity contribution is 5.92. The fraction of sp³-hybridized carbons (Fsp3) is 0.444. The Kier molecular flexibility index (Phi) is 5.32. The van der Waals surface area contributed by atoms with Gasteiger partial charge in [0, 0.05) is 12.1 Å². The number of rotatable bonds is 7. The van der Waals surface area contributed by atoms with Gasteiger partial charge in [-0.25, -0.2) is 4.68 Å². The summed E-state index contributed by atoms with van der Waals surface area (Å²) in [6.07, 6.45) is 3.11. The fourth-order valence-electron chi connectivity index (χ4n) is 3.13. The SMILES string of the molecule is CCN(CC(=O)O)C1CC(NC(=O)c2cn(-c3ccc(C)cc3)nn2)C1. The molecule has 1 amide bonds. The van der Waals surface area contributed by atoms with Crippen molar-refractivity contribution in [2.75, 3.05) is 13.1 Å². The summed E-state index contributed by atoms with van der Waals surface area (Å²) < 4.78 is 1.57. The van der Waals surface area contributed by atoms with Crippen molar-refractivity contribution >= 4 is 11.9 Å². The first-order valence-corrected chi connectivity index (χ1v) is 8.72. The van der Waals surface area contributed by atoms with E-state index in [0.29, 0.717) is 6.54 Å². The van der Waals surface area contributed by atoms with E-state index in [1.165, 1.54) is 0 Å². The molecule has 0 saturated heterocycles. The largest absolute Gasteiger partial charge is 0.480 e. The van der Waals surface area contributed by atoms with Crippen LogP contribution in [-0.2, 0) is 4.79 Å². The maximum absolute atomic E-state index is 12.3. The summed E-state index contributed by atoms with van der Waals surface area (Å²) >= 11 is 0. The Balaban J connectivity index is 1.54. The molecule has 26 heavy (non-hydrogen) atoms. The number of nitrogens with zero attached hydrogens (tertiary/aromatic N) is 4. The Hall–Kier alpha value is -2.74.